The third-order valence-electron chi connectivity index (χ3n) is 4.49. The lowest BCUT2D eigenvalue weighted by molar-refractivity contribution is 0.0226. The number of phenolic OH excluding ortho intramolecular Hbond substituents is 1. The van der Waals surface area contributed by atoms with Crippen LogP contribution in [-0.2, 0) is 4.74 Å². The van der Waals surface area contributed by atoms with E-state index in [-0.39, 0.29) is 6.04 Å². The van der Waals surface area contributed by atoms with Crippen molar-refractivity contribution in [3.05, 3.63) is 28.8 Å². The van der Waals surface area contributed by atoms with E-state index in [1.807, 2.05) is 13.0 Å². The molecule has 0 aromatic heterocycles. The molecule has 0 amide bonds. The fourth-order valence-corrected chi connectivity index (χ4v) is 3.28. The molecule has 3 unspecified atom stereocenters. The van der Waals surface area contributed by atoms with Crippen molar-refractivity contribution in [3.63, 3.8) is 0 Å². The lowest BCUT2D eigenvalue weighted by Crippen LogP contribution is -2.40. The predicted molar refractivity (Wildman–Crippen MR) is 83.7 cm³/mol. The molecule has 0 fully saturated rings. The number of aliphatic hydroxyl groups is 1. The molecule has 0 heterocycles. The maximum absolute atomic E-state index is 10.3. The Morgan fingerprint density at radius 2 is 2.10 bits per heavy atom. The van der Waals surface area contributed by atoms with Gasteiger partial charge in [0.15, 0.2) is 0 Å². The third-order valence-corrected chi connectivity index (χ3v) is 4.49. The molecule has 2 rings (SSSR count). The quantitative estimate of drug-likeness (QED) is 0.754. The molecule has 0 spiro atoms. The van der Waals surface area contributed by atoms with Gasteiger partial charge in [-0.3, -0.25) is 0 Å². The predicted octanol–water partition coefficient (Wildman–Crippen LogP) is 2.63. The Bertz CT molecular complexity index is 499. The van der Waals surface area contributed by atoms with Gasteiger partial charge in [-0.25, -0.2) is 0 Å². The van der Waals surface area contributed by atoms with Crippen LogP contribution in [0.5, 0.6) is 5.75 Å². The van der Waals surface area contributed by atoms with E-state index in [1.165, 1.54) is 11.1 Å². The largest absolute Gasteiger partial charge is 0.508 e. The zero-order chi connectivity index (χ0) is 15.6. The fourth-order valence-electron chi connectivity index (χ4n) is 3.28. The lowest BCUT2D eigenvalue weighted by atomic mass is 9.97. The van der Waals surface area contributed by atoms with Gasteiger partial charge >= 0.3 is 0 Å². The third kappa shape index (κ3) is 3.57. The number of nitrogens with one attached hydrogen (secondary N) is 1. The Kier molecular flexibility index (Phi) is 4.91. The van der Waals surface area contributed by atoms with Gasteiger partial charge in [-0.1, -0.05) is 13.0 Å². The number of aromatic hydroxyl groups is 1. The normalized spacial score (nSPS) is 23.9. The van der Waals surface area contributed by atoms with Crippen molar-refractivity contribution in [1.29, 1.82) is 0 Å². The topological polar surface area (TPSA) is 61.7 Å². The number of fused-ring (bicyclic) bond motifs is 1. The number of methoxy groups -OCH3 is 1. The molecule has 21 heavy (non-hydrogen) atoms. The highest BCUT2D eigenvalue weighted by Crippen LogP contribution is 2.45. The van der Waals surface area contributed by atoms with Gasteiger partial charge in [0.05, 0.1) is 5.60 Å². The van der Waals surface area contributed by atoms with E-state index >= 15 is 0 Å². The highest BCUT2D eigenvalue weighted by molar-refractivity contribution is 5.50. The highest BCUT2D eigenvalue weighted by Gasteiger charge is 2.33. The minimum Gasteiger partial charge on any atom is -0.508 e. The first-order valence-corrected chi connectivity index (χ1v) is 7.63. The van der Waals surface area contributed by atoms with Gasteiger partial charge in [-0.15, -0.1) is 0 Å². The molecule has 0 aliphatic heterocycles. The second kappa shape index (κ2) is 6.34. The second-order valence-electron chi connectivity index (χ2n) is 6.54. The molecule has 1 aromatic rings. The van der Waals surface area contributed by atoms with Gasteiger partial charge in [0, 0.05) is 38.3 Å². The summed E-state index contributed by atoms with van der Waals surface area (Å²) in [5.74, 6) is 0.780. The first-order valence-electron chi connectivity index (χ1n) is 7.63. The monoisotopic (exact) mass is 293 g/mol. The van der Waals surface area contributed by atoms with Gasteiger partial charge in [0.2, 0.25) is 0 Å². The number of hydrogen-bond acceptors (Lipinski definition) is 4. The molecular weight excluding hydrogens is 266 g/mol. The van der Waals surface area contributed by atoms with E-state index in [4.69, 9.17) is 4.74 Å². The Balaban J connectivity index is 2.10. The number of aryl methyl sites for hydroxylation is 1. The molecular formula is C17H27NO3. The molecule has 0 radical (unpaired) electrons. The van der Waals surface area contributed by atoms with Crippen molar-refractivity contribution in [2.45, 2.75) is 51.2 Å². The summed E-state index contributed by atoms with van der Waals surface area (Å²) in [6.45, 7) is 7.12. The first-order chi connectivity index (χ1) is 9.85. The molecule has 3 atom stereocenters. The van der Waals surface area contributed by atoms with Gasteiger partial charge in [-0.2, -0.15) is 0 Å². The van der Waals surface area contributed by atoms with Crippen molar-refractivity contribution in [2.75, 3.05) is 20.3 Å². The summed E-state index contributed by atoms with van der Waals surface area (Å²) in [4.78, 5) is 0. The standard InChI is InChI=1S/C17H27NO3/c1-11-5-6-14(19)16-13(9-12(2)15(11)16)18-10-17(3,20)7-8-21-4/h5-6,12-13,18-20H,7-10H2,1-4H3. The fraction of sp³-hybridized carbons (Fsp3) is 0.647. The highest BCUT2D eigenvalue weighted by atomic mass is 16.5. The molecule has 0 bridgehead atoms. The van der Waals surface area contributed by atoms with Gasteiger partial charge < -0.3 is 20.3 Å². The molecule has 0 saturated carbocycles. The minimum atomic E-state index is -0.804. The lowest BCUT2D eigenvalue weighted by Gasteiger charge is -2.26. The molecule has 1 aliphatic carbocycles. The summed E-state index contributed by atoms with van der Waals surface area (Å²) in [6.07, 6.45) is 1.54. The summed E-state index contributed by atoms with van der Waals surface area (Å²) >= 11 is 0. The number of hydrogen-bond donors (Lipinski definition) is 3. The van der Waals surface area contributed by atoms with Crippen LogP contribution in [0.1, 0.15) is 55.3 Å². The molecule has 1 aromatic carbocycles. The Morgan fingerprint density at radius 3 is 2.76 bits per heavy atom. The van der Waals surface area contributed by atoms with Crippen LogP contribution in [0, 0.1) is 6.92 Å². The molecule has 4 nitrogen and oxygen atoms in total. The molecule has 0 saturated heterocycles. The summed E-state index contributed by atoms with van der Waals surface area (Å²) < 4.78 is 5.03. The second-order valence-corrected chi connectivity index (χ2v) is 6.54. The summed E-state index contributed by atoms with van der Waals surface area (Å²) in [5.41, 5.74) is 2.68. The van der Waals surface area contributed by atoms with E-state index in [9.17, 15) is 10.2 Å². The summed E-state index contributed by atoms with van der Waals surface area (Å²) in [5, 5.41) is 24.0. The van der Waals surface area contributed by atoms with Gasteiger partial charge in [0.25, 0.3) is 0 Å². The van der Waals surface area contributed by atoms with Crippen molar-refractivity contribution < 1.29 is 14.9 Å². The van der Waals surface area contributed by atoms with Gasteiger partial charge in [0.1, 0.15) is 5.75 Å². The first kappa shape index (κ1) is 16.3. The van der Waals surface area contributed by atoms with Crippen LogP contribution in [0.2, 0.25) is 0 Å². The zero-order valence-electron chi connectivity index (χ0n) is 13.4. The van der Waals surface area contributed by atoms with E-state index in [2.05, 4.69) is 19.2 Å². The van der Waals surface area contributed by atoms with Crippen molar-refractivity contribution in [3.8, 4) is 5.75 Å². The van der Waals surface area contributed by atoms with Crippen molar-refractivity contribution >= 4 is 0 Å². The van der Waals surface area contributed by atoms with Crippen LogP contribution in [-0.4, -0.2) is 36.1 Å². The molecule has 1 aliphatic rings. The minimum absolute atomic E-state index is 0.101. The number of ether oxygens (including phenoxy) is 1. The van der Waals surface area contributed by atoms with Crippen LogP contribution >= 0.6 is 0 Å². The van der Waals surface area contributed by atoms with Crippen LogP contribution in [0.3, 0.4) is 0 Å². The molecule has 118 valence electrons. The average Bonchev–Trinajstić information content (AvgIpc) is 2.77. The van der Waals surface area contributed by atoms with Gasteiger partial charge in [-0.05, 0) is 43.4 Å². The Labute approximate surface area is 127 Å². The average molecular weight is 293 g/mol. The van der Waals surface area contributed by atoms with E-state index < -0.39 is 5.60 Å². The van der Waals surface area contributed by atoms with Crippen LogP contribution < -0.4 is 5.32 Å². The van der Waals surface area contributed by atoms with Crippen molar-refractivity contribution in [2.24, 2.45) is 0 Å². The van der Waals surface area contributed by atoms with Crippen LogP contribution in [0.4, 0.5) is 0 Å². The van der Waals surface area contributed by atoms with Crippen molar-refractivity contribution in [1.82, 2.24) is 5.32 Å². The summed E-state index contributed by atoms with van der Waals surface area (Å²) in [7, 11) is 1.64. The SMILES string of the molecule is COCCC(C)(O)CNC1CC(C)c2c(C)ccc(O)c21. The molecule has 3 N–H and O–H groups in total. The van der Waals surface area contributed by atoms with Crippen LogP contribution in [0.15, 0.2) is 12.1 Å². The Hall–Kier alpha value is -1.10. The smallest absolute Gasteiger partial charge is 0.120 e. The number of phenols is 1. The molecule has 4 heteroatoms. The summed E-state index contributed by atoms with van der Waals surface area (Å²) in [6, 6.07) is 3.84. The maximum Gasteiger partial charge on any atom is 0.120 e. The van der Waals surface area contributed by atoms with E-state index in [0.717, 1.165) is 12.0 Å². The van der Waals surface area contributed by atoms with E-state index in [0.29, 0.717) is 31.2 Å². The maximum atomic E-state index is 10.3. The van der Waals surface area contributed by atoms with Crippen LogP contribution in [0.25, 0.3) is 0 Å². The Morgan fingerprint density at radius 1 is 1.38 bits per heavy atom. The number of rotatable bonds is 6. The zero-order valence-corrected chi connectivity index (χ0v) is 13.4. The van der Waals surface area contributed by atoms with E-state index in [1.54, 1.807) is 13.2 Å². The number of benzene rings is 1.